The fourth-order valence-electron chi connectivity index (χ4n) is 3.35. The molecule has 0 unspecified atom stereocenters. The first-order valence-corrected chi connectivity index (χ1v) is 9.59. The van der Waals surface area contributed by atoms with Crippen molar-refractivity contribution in [3.63, 3.8) is 0 Å². The molecule has 1 aromatic rings. The summed E-state index contributed by atoms with van der Waals surface area (Å²) in [5.41, 5.74) is -1.06. The van der Waals surface area contributed by atoms with Crippen LogP contribution in [-0.2, 0) is 25.4 Å². The van der Waals surface area contributed by atoms with Crippen molar-refractivity contribution in [3.8, 4) is 5.75 Å². The number of phenolic OH excluding ortho intramolecular Hbond substituents is 1. The number of hydrogen-bond donors (Lipinski definition) is 7. The van der Waals surface area contributed by atoms with Crippen LogP contribution in [0.5, 0.6) is 5.75 Å². The fourth-order valence-corrected chi connectivity index (χ4v) is 3.35. The van der Waals surface area contributed by atoms with Crippen LogP contribution in [0.25, 0.3) is 0 Å². The maximum absolute atomic E-state index is 10.5. The van der Waals surface area contributed by atoms with E-state index in [2.05, 4.69) is 0 Å². The van der Waals surface area contributed by atoms with Crippen LogP contribution in [0, 0.1) is 0 Å². The molecule has 0 amide bonds. The summed E-state index contributed by atoms with van der Waals surface area (Å²) >= 11 is 0. The minimum absolute atomic E-state index is 0.116. The quantitative estimate of drug-likeness (QED) is 0.226. The summed E-state index contributed by atoms with van der Waals surface area (Å²) < 4.78 is 21.9. The highest BCUT2D eigenvalue weighted by Crippen LogP contribution is 2.31. The van der Waals surface area contributed by atoms with E-state index in [-0.39, 0.29) is 12.4 Å². The van der Waals surface area contributed by atoms with Gasteiger partial charge in [-0.1, -0.05) is 12.1 Å². The van der Waals surface area contributed by atoms with Crippen molar-refractivity contribution in [2.45, 2.75) is 55.1 Å². The van der Waals surface area contributed by atoms with Gasteiger partial charge in [0.1, 0.15) is 41.9 Å². The van der Waals surface area contributed by atoms with Crippen molar-refractivity contribution in [2.75, 3.05) is 26.4 Å². The molecule has 0 bridgehead atoms. The van der Waals surface area contributed by atoms with Crippen molar-refractivity contribution < 1.29 is 54.7 Å². The fraction of sp³-hybridized carbons (Fsp3) is 0.684. The van der Waals surface area contributed by atoms with E-state index in [0.29, 0.717) is 6.42 Å². The smallest absolute Gasteiger partial charge is 0.187 e. The summed E-state index contributed by atoms with van der Waals surface area (Å²) in [6, 6.07) is 6.48. The van der Waals surface area contributed by atoms with Gasteiger partial charge in [-0.05, 0) is 24.1 Å². The third-order valence-electron chi connectivity index (χ3n) is 5.30. The van der Waals surface area contributed by atoms with Crippen molar-refractivity contribution >= 4 is 0 Å². The molecule has 11 heteroatoms. The Labute approximate surface area is 172 Å². The molecular formula is C19H28O11. The maximum atomic E-state index is 10.5. The topological polar surface area (TPSA) is 179 Å². The molecule has 2 fully saturated rings. The highest BCUT2D eigenvalue weighted by Gasteiger charge is 2.53. The van der Waals surface area contributed by atoms with Crippen LogP contribution in [0.2, 0.25) is 0 Å². The van der Waals surface area contributed by atoms with Gasteiger partial charge in [-0.15, -0.1) is 0 Å². The predicted octanol–water partition coefficient (Wildman–Crippen LogP) is -2.78. The van der Waals surface area contributed by atoms with E-state index in [0.717, 1.165) is 5.56 Å². The van der Waals surface area contributed by atoms with Crippen LogP contribution in [-0.4, -0.2) is 111 Å². The number of aliphatic hydroxyl groups is 6. The minimum atomic E-state index is -1.92. The normalized spacial score (nSPS) is 39.3. The maximum Gasteiger partial charge on any atom is 0.187 e. The Morgan fingerprint density at radius 3 is 2.33 bits per heavy atom. The molecule has 1 aromatic carbocycles. The lowest BCUT2D eigenvalue weighted by Gasteiger charge is -2.42. The molecule has 2 aliphatic heterocycles. The number of ether oxygens (including phenoxy) is 4. The van der Waals surface area contributed by atoms with E-state index in [1.54, 1.807) is 12.1 Å². The predicted molar refractivity (Wildman–Crippen MR) is 98.2 cm³/mol. The van der Waals surface area contributed by atoms with Gasteiger partial charge in [0.25, 0.3) is 0 Å². The zero-order valence-electron chi connectivity index (χ0n) is 16.1. The van der Waals surface area contributed by atoms with E-state index >= 15 is 0 Å². The van der Waals surface area contributed by atoms with Gasteiger partial charge in [-0.25, -0.2) is 0 Å². The number of phenols is 1. The summed E-state index contributed by atoms with van der Waals surface area (Å²) in [5, 5.41) is 68.9. The summed E-state index contributed by atoms with van der Waals surface area (Å²) in [7, 11) is 0. The Morgan fingerprint density at radius 2 is 1.73 bits per heavy atom. The van der Waals surface area contributed by atoms with Crippen molar-refractivity contribution in [1.29, 1.82) is 0 Å². The lowest BCUT2D eigenvalue weighted by molar-refractivity contribution is -0.335. The van der Waals surface area contributed by atoms with Gasteiger partial charge in [0, 0.05) is 0 Å². The Hall–Kier alpha value is -1.38. The molecule has 0 aliphatic carbocycles. The highest BCUT2D eigenvalue weighted by atomic mass is 16.8. The second-order valence-corrected chi connectivity index (χ2v) is 7.48. The van der Waals surface area contributed by atoms with Gasteiger partial charge in [0.2, 0.25) is 0 Å². The summed E-state index contributed by atoms with van der Waals surface area (Å²) in [6.07, 6.45) is -9.30. The second kappa shape index (κ2) is 9.83. The molecule has 7 N–H and O–H groups in total. The van der Waals surface area contributed by atoms with E-state index < -0.39 is 68.5 Å². The zero-order chi connectivity index (χ0) is 21.9. The molecule has 0 saturated carbocycles. The Bertz CT molecular complexity index is 671. The van der Waals surface area contributed by atoms with E-state index in [1.807, 2.05) is 0 Å². The number of rotatable bonds is 8. The largest absolute Gasteiger partial charge is 0.508 e. The molecule has 0 radical (unpaired) electrons. The molecule has 0 aromatic heterocycles. The summed E-state index contributed by atoms with van der Waals surface area (Å²) in [5.74, 6) is 0.129. The molecule has 30 heavy (non-hydrogen) atoms. The van der Waals surface area contributed by atoms with Crippen LogP contribution in [0.1, 0.15) is 5.56 Å². The SMILES string of the molecule is OC[C@H]1O[C@@H](OCCc2ccc(O)cc2)[C@H](O[C@@H]2OC[C@](O)(CO)[C@H]2O)[C@@H](O)[C@@H]1O. The zero-order valence-corrected chi connectivity index (χ0v) is 16.1. The Morgan fingerprint density at radius 1 is 1.03 bits per heavy atom. The third kappa shape index (κ3) is 4.92. The molecule has 0 spiro atoms. The summed E-state index contributed by atoms with van der Waals surface area (Å²) in [4.78, 5) is 0. The molecule has 8 atom stereocenters. The van der Waals surface area contributed by atoms with Gasteiger partial charge in [-0.2, -0.15) is 0 Å². The minimum Gasteiger partial charge on any atom is -0.508 e. The van der Waals surface area contributed by atoms with E-state index in [4.69, 9.17) is 18.9 Å². The Kier molecular flexibility index (Phi) is 7.63. The number of hydrogen-bond acceptors (Lipinski definition) is 11. The molecular weight excluding hydrogens is 404 g/mol. The van der Waals surface area contributed by atoms with Crippen LogP contribution in [0.4, 0.5) is 0 Å². The third-order valence-corrected chi connectivity index (χ3v) is 5.30. The average Bonchev–Trinajstić information content (AvgIpc) is 3.03. The molecule has 11 nitrogen and oxygen atoms in total. The monoisotopic (exact) mass is 432 g/mol. The van der Waals surface area contributed by atoms with Crippen LogP contribution >= 0.6 is 0 Å². The second-order valence-electron chi connectivity index (χ2n) is 7.48. The van der Waals surface area contributed by atoms with Crippen molar-refractivity contribution in [1.82, 2.24) is 0 Å². The van der Waals surface area contributed by atoms with E-state index in [1.165, 1.54) is 12.1 Å². The number of benzene rings is 1. The highest BCUT2D eigenvalue weighted by molar-refractivity contribution is 5.25. The van der Waals surface area contributed by atoms with Crippen LogP contribution in [0.3, 0.4) is 0 Å². The lowest BCUT2D eigenvalue weighted by Crippen LogP contribution is -2.61. The van der Waals surface area contributed by atoms with Crippen LogP contribution in [0.15, 0.2) is 24.3 Å². The molecule has 2 aliphatic rings. The van der Waals surface area contributed by atoms with Gasteiger partial charge in [-0.3, -0.25) is 0 Å². The molecule has 3 rings (SSSR count). The van der Waals surface area contributed by atoms with Gasteiger partial charge in [0.15, 0.2) is 12.6 Å². The first kappa shape index (κ1) is 23.3. The summed E-state index contributed by atoms with van der Waals surface area (Å²) in [6.45, 7) is -1.62. The van der Waals surface area contributed by atoms with Gasteiger partial charge in [0.05, 0.1) is 26.4 Å². The van der Waals surface area contributed by atoms with Crippen molar-refractivity contribution in [2.24, 2.45) is 0 Å². The van der Waals surface area contributed by atoms with Gasteiger partial charge < -0.3 is 54.7 Å². The average molecular weight is 432 g/mol. The van der Waals surface area contributed by atoms with Gasteiger partial charge >= 0.3 is 0 Å². The molecule has 2 heterocycles. The molecule has 170 valence electrons. The molecule has 2 saturated heterocycles. The first-order valence-electron chi connectivity index (χ1n) is 9.59. The first-order chi connectivity index (χ1) is 14.3. The van der Waals surface area contributed by atoms with E-state index in [9.17, 15) is 35.7 Å². The Balaban J connectivity index is 1.66. The van der Waals surface area contributed by atoms with Crippen LogP contribution < -0.4 is 0 Å². The standard InChI is InChI=1S/C19H28O11/c20-7-12-13(23)14(24)15(30-18-16(25)19(26,8-21)9-28-18)17(29-12)27-6-5-10-1-3-11(22)4-2-10/h1-4,12-18,20-26H,5-9H2/t12-,13-,14+,15-,16+,17-,18+,19-/m1/s1. The lowest BCUT2D eigenvalue weighted by atomic mass is 9.98. The van der Waals surface area contributed by atoms with Crippen molar-refractivity contribution in [3.05, 3.63) is 29.8 Å². The number of aromatic hydroxyl groups is 1. The number of aliphatic hydroxyl groups excluding tert-OH is 5.